The highest BCUT2D eigenvalue weighted by atomic mass is 19.3. The molecule has 6 rings (SSSR count). The van der Waals surface area contributed by atoms with Gasteiger partial charge in [0.1, 0.15) is 36.3 Å². The molecule has 5 heterocycles. The third-order valence-corrected chi connectivity index (χ3v) is 16.5. The normalized spacial score (nSPS) is 37.9. The number of aliphatic hydroxyl groups excluding tert-OH is 3. The molecule has 3 saturated heterocycles. The number of esters is 1. The topological polar surface area (TPSA) is 237 Å². The number of methoxy groups -OCH3 is 1. The molecule has 3 aliphatic heterocycles. The lowest BCUT2D eigenvalue weighted by molar-refractivity contribution is -0.318. The zero-order valence-electron chi connectivity index (χ0n) is 46.8. The van der Waals surface area contributed by atoms with Gasteiger partial charge in [0, 0.05) is 93.7 Å². The van der Waals surface area contributed by atoms with Gasteiger partial charge in [-0.05, 0) is 99.7 Å². The largest absolute Gasteiger partial charge is 0.459 e. The molecule has 2 aromatic heterocycles. The molecular weight excluding hydrogens is 989 g/mol. The first-order valence-corrected chi connectivity index (χ1v) is 27.0. The van der Waals surface area contributed by atoms with Crippen molar-refractivity contribution in [3.63, 3.8) is 0 Å². The number of ether oxygens (including phenoxy) is 6. The Morgan fingerprint density at radius 3 is 2.25 bits per heavy atom. The fourth-order valence-electron chi connectivity index (χ4n) is 11.6. The summed E-state index contributed by atoms with van der Waals surface area (Å²) >= 11 is 0. The summed E-state index contributed by atoms with van der Waals surface area (Å²) in [7, 11) is 5.19. The number of nitrogens with zero attached hydrogens (tertiary/aromatic N) is 7. The van der Waals surface area contributed by atoms with E-state index in [-0.39, 0.29) is 50.1 Å². The van der Waals surface area contributed by atoms with Crippen LogP contribution in [0.25, 0.3) is 11.1 Å². The molecule has 21 heteroatoms. The Labute approximate surface area is 447 Å². The van der Waals surface area contributed by atoms with Crippen LogP contribution in [0.1, 0.15) is 119 Å². The van der Waals surface area contributed by atoms with Crippen LogP contribution in [-0.4, -0.2) is 191 Å². The zero-order valence-corrected chi connectivity index (χ0v) is 46.8. The molecule has 0 saturated carbocycles. The monoisotopic (exact) mass is 1080 g/mol. The van der Waals surface area contributed by atoms with Gasteiger partial charge >= 0.3 is 5.97 Å². The van der Waals surface area contributed by atoms with Crippen molar-refractivity contribution in [2.75, 3.05) is 34.3 Å². The Balaban J connectivity index is 1.19. The van der Waals surface area contributed by atoms with E-state index < -0.39 is 114 Å². The predicted octanol–water partition coefficient (Wildman–Crippen LogP) is 5.13. The minimum atomic E-state index is -3.05. The molecule has 3 fully saturated rings. The quantitative estimate of drug-likeness (QED) is 0.117. The van der Waals surface area contributed by atoms with Gasteiger partial charge < -0.3 is 63.8 Å². The average molecular weight is 1080 g/mol. The maximum absolute atomic E-state index is 15.3. The number of halogens is 2. The first kappa shape index (κ1) is 61.5. The molecule has 428 valence electrons. The second-order valence-electron chi connectivity index (χ2n) is 22.9. The van der Waals surface area contributed by atoms with E-state index in [4.69, 9.17) is 28.4 Å². The number of alkyl halides is 2. The Bertz CT molecular complexity index is 2280. The van der Waals surface area contributed by atoms with Gasteiger partial charge in [-0.15, -0.1) is 5.10 Å². The maximum atomic E-state index is 15.3. The minimum absolute atomic E-state index is 0.0760. The summed E-state index contributed by atoms with van der Waals surface area (Å²) in [6.07, 6.45) is -2.88. The lowest BCUT2D eigenvalue weighted by atomic mass is 9.77. The minimum Gasteiger partial charge on any atom is -0.459 e. The van der Waals surface area contributed by atoms with E-state index in [1.807, 2.05) is 37.7 Å². The van der Waals surface area contributed by atoms with Crippen molar-refractivity contribution < 1.29 is 67.5 Å². The van der Waals surface area contributed by atoms with Crippen LogP contribution in [0.3, 0.4) is 0 Å². The van der Waals surface area contributed by atoms with E-state index in [2.05, 4.69) is 20.3 Å². The molecule has 76 heavy (non-hydrogen) atoms. The molecule has 0 aliphatic carbocycles. The zero-order chi connectivity index (χ0) is 56.1. The predicted molar refractivity (Wildman–Crippen MR) is 277 cm³/mol. The molecule has 3 aliphatic rings. The lowest BCUT2D eigenvalue weighted by Crippen LogP contribution is -2.61. The van der Waals surface area contributed by atoms with Gasteiger partial charge in [0.25, 0.3) is 5.92 Å². The number of rotatable bonds is 16. The molecule has 0 radical (unpaired) electrons. The number of likely N-dealkylation sites (N-methyl/N-ethyl adjacent to an activating group) is 2. The van der Waals surface area contributed by atoms with Gasteiger partial charge in [-0.2, -0.15) is 0 Å². The number of carbonyl (C=O) groups excluding carboxylic acids is 1. The van der Waals surface area contributed by atoms with E-state index in [0.29, 0.717) is 31.6 Å². The summed E-state index contributed by atoms with van der Waals surface area (Å²) in [5, 5.41) is 68.2. The Kier molecular flexibility index (Phi) is 20.7. The molecule has 5 N–H and O–H groups in total. The Morgan fingerprint density at radius 2 is 1.61 bits per heavy atom. The van der Waals surface area contributed by atoms with Gasteiger partial charge in [0.15, 0.2) is 12.6 Å². The number of benzene rings is 1. The summed E-state index contributed by atoms with van der Waals surface area (Å²) < 4.78 is 70.4. The molecule has 0 spiro atoms. The smallest absolute Gasteiger partial charge is 0.311 e. The van der Waals surface area contributed by atoms with Crippen molar-refractivity contribution in [3.05, 3.63) is 60.4 Å². The average Bonchev–Trinajstić information content (AvgIpc) is 3.84. The third-order valence-electron chi connectivity index (χ3n) is 16.5. The van der Waals surface area contributed by atoms with Crippen LogP contribution in [0.5, 0.6) is 0 Å². The SMILES string of the molecule is CC[C@H]1OC(=O)[C@H](C)[C@@H](O[C@H]2C[C@@](C)(OC)[C@@H](O)[C@H](C)O2)[C@H](C)[C@@H](O[C@@H]2O[C@H](C)C[C@H](N(C)CCc3cn(CCCC(F)(F)c4ccc(-c5cncnc5)cc4)nn3)[C@H]2O)[C@](C)(O)C[C@@H](C)CN(C)[C@H](C)[C@@H](O)[C@]1(C)O. The molecule has 0 amide bonds. The van der Waals surface area contributed by atoms with E-state index >= 15 is 8.78 Å². The van der Waals surface area contributed by atoms with Gasteiger partial charge in [-0.25, -0.2) is 18.7 Å². The fourth-order valence-corrected chi connectivity index (χ4v) is 11.6. The highest BCUT2D eigenvalue weighted by Gasteiger charge is 2.53. The van der Waals surface area contributed by atoms with E-state index in [1.165, 1.54) is 32.5 Å². The summed E-state index contributed by atoms with van der Waals surface area (Å²) in [5.74, 6) is -5.95. The first-order valence-electron chi connectivity index (χ1n) is 27.0. The summed E-state index contributed by atoms with van der Waals surface area (Å²) in [4.78, 5) is 26.4. The molecule has 0 bridgehead atoms. The van der Waals surface area contributed by atoms with Crippen molar-refractivity contribution in [1.82, 2.24) is 34.8 Å². The maximum Gasteiger partial charge on any atom is 0.311 e. The second kappa shape index (κ2) is 25.6. The van der Waals surface area contributed by atoms with Crippen molar-refractivity contribution in [2.45, 2.75) is 217 Å². The molecular formula is C55H87F2N7O12. The van der Waals surface area contributed by atoms with Crippen LogP contribution >= 0.6 is 0 Å². The number of aryl methyl sites for hydroxylation is 1. The van der Waals surface area contributed by atoms with Gasteiger partial charge in [-0.3, -0.25) is 9.48 Å². The highest BCUT2D eigenvalue weighted by molar-refractivity contribution is 5.73. The number of aromatic nitrogens is 5. The van der Waals surface area contributed by atoms with Crippen molar-refractivity contribution in [1.29, 1.82) is 0 Å². The molecule has 18 atom stereocenters. The van der Waals surface area contributed by atoms with Gasteiger partial charge in [-0.1, -0.05) is 50.3 Å². The first-order chi connectivity index (χ1) is 35.6. The van der Waals surface area contributed by atoms with Crippen LogP contribution in [0.2, 0.25) is 0 Å². The van der Waals surface area contributed by atoms with Crippen molar-refractivity contribution in [2.24, 2.45) is 17.8 Å². The van der Waals surface area contributed by atoms with Gasteiger partial charge in [0.05, 0.1) is 47.2 Å². The van der Waals surface area contributed by atoms with Crippen LogP contribution < -0.4 is 0 Å². The van der Waals surface area contributed by atoms with E-state index in [9.17, 15) is 30.3 Å². The lowest BCUT2D eigenvalue weighted by Gasteiger charge is -2.49. The van der Waals surface area contributed by atoms with Crippen LogP contribution in [0.15, 0.2) is 49.2 Å². The molecule has 19 nitrogen and oxygen atoms in total. The number of cyclic esters (lactones) is 1. The van der Waals surface area contributed by atoms with Crippen molar-refractivity contribution in [3.8, 4) is 11.1 Å². The van der Waals surface area contributed by atoms with Crippen LogP contribution in [0, 0.1) is 17.8 Å². The Hall–Kier alpha value is -3.71. The summed E-state index contributed by atoms with van der Waals surface area (Å²) in [6.45, 7) is 18.4. The summed E-state index contributed by atoms with van der Waals surface area (Å²) in [6, 6.07) is 5.06. The van der Waals surface area contributed by atoms with E-state index in [1.54, 1.807) is 83.9 Å². The highest BCUT2D eigenvalue weighted by Crippen LogP contribution is 2.41. The van der Waals surface area contributed by atoms with Crippen molar-refractivity contribution >= 4 is 5.97 Å². The Morgan fingerprint density at radius 1 is 0.934 bits per heavy atom. The molecule has 1 aromatic carbocycles. The fraction of sp³-hybridized carbons (Fsp3) is 0.764. The van der Waals surface area contributed by atoms with Crippen LogP contribution in [-0.2, 0) is 52.1 Å². The van der Waals surface area contributed by atoms with Crippen LogP contribution in [0.4, 0.5) is 8.78 Å². The van der Waals surface area contributed by atoms with Gasteiger partial charge in [0.2, 0.25) is 0 Å². The summed E-state index contributed by atoms with van der Waals surface area (Å²) in [5.41, 5.74) is -2.55. The number of hydrogen-bond donors (Lipinski definition) is 5. The second-order valence-corrected chi connectivity index (χ2v) is 22.9. The molecule has 3 aromatic rings. The number of aliphatic hydroxyl groups is 5. The third kappa shape index (κ3) is 14.6. The van der Waals surface area contributed by atoms with E-state index in [0.717, 1.165) is 11.1 Å². The number of hydrogen-bond acceptors (Lipinski definition) is 18. The standard InChI is InChI=1S/C55H87F2N7O12/c1-14-43-54(10,70)47(66)36(6)63(12)29-32(2)25-52(8,69)49(34(4)46(35(5)50(68)74-43)75-44-26-53(9,71-13)48(67)37(7)73-44)76-51-45(65)42(24-33(3)72-51)62(11)23-20-41-30-64(61-60-41)22-15-21-55(56,57)40-18-16-38(17-19-40)39-27-58-31-59-28-39/h16-19,27-28,30-37,42-49,51,65-67,69-70H,14-15,20-26,29H2,1-13H3/t32-,33-,34+,35-,36-,37+,42+,43-,44+,45-,46+,47-,48+,49-,51+,52-,53-,54-/m1/s1. The molecule has 0 unspecified atom stereocenters. The number of carbonyl (C=O) groups is 1.